The summed E-state index contributed by atoms with van der Waals surface area (Å²) in [4.78, 5) is 21.1. The Morgan fingerprint density at radius 1 is 1.33 bits per heavy atom. The van der Waals surface area contributed by atoms with Crippen LogP contribution < -0.4 is 4.74 Å². The molecule has 3 rings (SSSR count). The Morgan fingerprint density at radius 3 is 2.85 bits per heavy atom. The van der Waals surface area contributed by atoms with Crippen molar-refractivity contribution in [3.8, 4) is 5.75 Å². The molecule has 2 fully saturated rings. The molecule has 0 aromatic carbocycles. The van der Waals surface area contributed by atoms with Gasteiger partial charge in [-0.05, 0) is 51.4 Å². The first-order valence-corrected chi connectivity index (χ1v) is 9.89. The van der Waals surface area contributed by atoms with Crippen molar-refractivity contribution in [1.29, 1.82) is 0 Å². The first kappa shape index (κ1) is 20.0. The molecule has 7 heteroatoms. The number of aliphatic hydroxyl groups is 1. The van der Waals surface area contributed by atoms with Crippen molar-refractivity contribution in [1.82, 2.24) is 14.8 Å². The van der Waals surface area contributed by atoms with E-state index < -0.39 is 5.60 Å². The number of amides is 1. The third-order valence-corrected chi connectivity index (χ3v) is 5.19. The minimum atomic E-state index is -1.03. The third kappa shape index (κ3) is 5.40. The van der Waals surface area contributed by atoms with Crippen molar-refractivity contribution in [3.05, 3.63) is 23.5 Å². The highest BCUT2D eigenvalue weighted by Gasteiger charge is 2.36. The number of hydrogen-bond donors (Lipinski definition) is 1. The van der Waals surface area contributed by atoms with Crippen LogP contribution in [-0.2, 0) is 16.0 Å². The Morgan fingerprint density at radius 2 is 2.11 bits per heavy atom. The summed E-state index contributed by atoms with van der Waals surface area (Å²) in [5.41, 5.74) is 0.756. The molecule has 7 nitrogen and oxygen atoms in total. The number of likely N-dealkylation sites (tertiary alicyclic amines) is 1. The van der Waals surface area contributed by atoms with Crippen LogP contribution in [0, 0.1) is 6.92 Å². The molecule has 150 valence electrons. The van der Waals surface area contributed by atoms with Crippen LogP contribution in [0.4, 0.5) is 0 Å². The van der Waals surface area contributed by atoms with E-state index in [4.69, 9.17) is 9.47 Å². The van der Waals surface area contributed by atoms with E-state index in [1.54, 1.807) is 4.90 Å². The van der Waals surface area contributed by atoms with Crippen LogP contribution in [0.15, 0.2) is 12.1 Å². The van der Waals surface area contributed by atoms with Crippen LogP contribution in [0.1, 0.15) is 31.2 Å². The van der Waals surface area contributed by atoms with Gasteiger partial charge in [-0.2, -0.15) is 0 Å². The number of ether oxygens (including phenoxy) is 2. The maximum atomic E-state index is 12.7. The third-order valence-electron chi connectivity index (χ3n) is 5.19. The highest BCUT2D eigenvalue weighted by molar-refractivity contribution is 5.78. The predicted molar refractivity (Wildman–Crippen MR) is 102 cm³/mol. The van der Waals surface area contributed by atoms with Gasteiger partial charge in [-0.25, -0.2) is 0 Å². The molecule has 0 spiro atoms. The first-order valence-electron chi connectivity index (χ1n) is 9.89. The summed E-state index contributed by atoms with van der Waals surface area (Å²) in [6.07, 6.45) is 3.08. The van der Waals surface area contributed by atoms with Gasteiger partial charge in [0.15, 0.2) is 6.61 Å². The Labute approximate surface area is 161 Å². The zero-order chi connectivity index (χ0) is 19.3. The van der Waals surface area contributed by atoms with Gasteiger partial charge in [-0.15, -0.1) is 0 Å². The summed E-state index contributed by atoms with van der Waals surface area (Å²) in [6, 6.07) is 3.75. The second-order valence-electron chi connectivity index (χ2n) is 7.62. The van der Waals surface area contributed by atoms with Gasteiger partial charge in [0.2, 0.25) is 0 Å². The zero-order valence-electron chi connectivity index (χ0n) is 16.4. The average molecular weight is 377 g/mol. The molecule has 0 unspecified atom stereocenters. The van der Waals surface area contributed by atoms with Crippen LogP contribution in [0.25, 0.3) is 0 Å². The lowest BCUT2D eigenvalue weighted by Gasteiger charge is -2.34. The summed E-state index contributed by atoms with van der Waals surface area (Å²) in [6.45, 7) is 7.87. The largest absolute Gasteiger partial charge is 0.482 e. The number of rotatable bonds is 6. The monoisotopic (exact) mass is 377 g/mol. The quantitative estimate of drug-likeness (QED) is 0.798. The Kier molecular flexibility index (Phi) is 6.68. The van der Waals surface area contributed by atoms with Gasteiger partial charge in [0.1, 0.15) is 11.4 Å². The molecule has 0 radical (unpaired) electrons. The smallest absolute Gasteiger partial charge is 0.260 e. The maximum Gasteiger partial charge on any atom is 0.260 e. The van der Waals surface area contributed by atoms with E-state index in [1.165, 1.54) is 0 Å². The van der Waals surface area contributed by atoms with Crippen LogP contribution in [-0.4, -0.2) is 83.9 Å². The van der Waals surface area contributed by atoms with Gasteiger partial charge < -0.3 is 24.4 Å². The number of aryl methyl sites for hydroxylation is 2. The van der Waals surface area contributed by atoms with Crippen molar-refractivity contribution in [2.45, 2.75) is 38.7 Å². The molecule has 1 aromatic rings. The predicted octanol–water partition coefficient (Wildman–Crippen LogP) is 1.02. The highest BCUT2D eigenvalue weighted by Crippen LogP contribution is 2.20. The molecule has 0 saturated carbocycles. The standard InChI is InChI=1S/C20H31N3O4/c1-3-17-18(7-6-16(2)21-17)27-12-19(24)23-10-11-26-15-20(25,14-23)13-22-8-4-5-9-22/h6-7,25H,3-5,8-15H2,1-2H3/t20-/m0/s1. The topological polar surface area (TPSA) is 75.1 Å². The Bertz CT molecular complexity index is 648. The number of aromatic nitrogens is 1. The van der Waals surface area contributed by atoms with Gasteiger partial charge in [0, 0.05) is 18.8 Å². The van der Waals surface area contributed by atoms with Gasteiger partial charge in [0.25, 0.3) is 5.91 Å². The van der Waals surface area contributed by atoms with Crippen LogP contribution in [0.2, 0.25) is 0 Å². The molecule has 2 saturated heterocycles. The second kappa shape index (κ2) is 8.99. The maximum absolute atomic E-state index is 12.7. The molecule has 1 amide bonds. The molecule has 0 bridgehead atoms. The molecule has 1 aromatic heterocycles. The lowest BCUT2D eigenvalue weighted by molar-refractivity contribution is -0.136. The minimum Gasteiger partial charge on any atom is -0.482 e. The van der Waals surface area contributed by atoms with Gasteiger partial charge in [-0.3, -0.25) is 9.78 Å². The molecule has 2 aliphatic heterocycles. The lowest BCUT2D eigenvalue weighted by Crippen LogP contribution is -2.53. The molecular weight excluding hydrogens is 346 g/mol. The highest BCUT2D eigenvalue weighted by atomic mass is 16.5. The van der Waals surface area contributed by atoms with Crippen LogP contribution in [0.5, 0.6) is 5.75 Å². The first-order chi connectivity index (χ1) is 13.0. The summed E-state index contributed by atoms with van der Waals surface area (Å²) < 4.78 is 11.3. The number of pyridine rings is 1. The average Bonchev–Trinajstić information content (AvgIpc) is 3.07. The van der Waals surface area contributed by atoms with E-state index in [1.807, 2.05) is 26.0 Å². The Hall–Kier alpha value is -1.70. The van der Waals surface area contributed by atoms with Crippen molar-refractivity contribution >= 4 is 5.91 Å². The number of hydrogen-bond acceptors (Lipinski definition) is 6. The van der Waals surface area contributed by atoms with E-state index in [-0.39, 0.29) is 25.7 Å². The summed E-state index contributed by atoms with van der Waals surface area (Å²) in [5.74, 6) is 0.512. The lowest BCUT2D eigenvalue weighted by atomic mass is 10.0. The van der Waals surface area contributed by atoms with Crippen molar-refractivity contribution in [3.63, 3.8) is 0 Å². The summed E-state index contributed by atoms with van der Waals surface area (Å²) in [5, 5.41) is 11.0. The fourth-order valence-corrected chi connectivity index (χ4v) is 3.80. The molecule has 27 heavy (non-hydrogen) atoms. The number of carbonyl (C=O) groups excluding carboxylic acids is 1. The normalized spacial score (nSPS) is 24.0. The molecule has 1 N–H and O–H groups in total. The minimum absolute atomic E-state index is 0.0580. The number of β-amino-alcohol motifs (C(OH)–C–C–N with tert-alkyl or cyclic N) is 1. The molecule has 1 atom stereocenters. The zero-order valence-corrected chi connectivity index (χ0v) is 16.4. The van der Waals surface area contributed by atoms with Crippen molar-refractivity contribution in [2.75, 3.05) is 52.5 Å². The van der Waals surface area contributed by atoms with E-state index in [2.05, 4.69) is 9.88 Å². The van der Waals surface area contributed by atoms with Crippen LogP contribution >= 0.6 is 0 Å². The molecule has 3 heterocycles. The SMILES string of the molecule is CCc1nc(C)ccc1OCC(=O)N1CCOC[C@](O)(CN2CCCC2)C1. The Balaban J connectivity index is 1.59. The van der Waals surface area contributed by atoms with E-state index >= 15 is 0 Å². The fraction of sp³-hybridized carbons (Fsp3) is 0.700. The van der Waals surface area contributed by atoms with E-state index in [9.17, 15) is 9.90 Å². The van der Waals surface area contributed by atoms with Gasteiger partial charge >= 0.3 is 0 Å². The van der Waals surface area contributed by atoms with E-state index in [0.717, 1.165) is 43.7 Å². The summed E-state index contributed by atoms with van der Waals surface area (Å²) in [7, 11) is 0. The summed E-state index contributed by atoms with van der Waals surface area (Å²) >= 11 is 0. The number of nitrogens with zero attached hydrogens (tertiary/aromatic N) is 3. The molecule has 0 aliphatic carbocycles. The van der Waals surface area contributed by atoms with Gasteiger partial charge in [-0.1, -0.05) is 6.92 Å². The molecular formula is C20H31N3O4. The van der Waals surface area contributed by atoms with Crippen LogP contribution in [0.3, 0.4) is 0 Å². The fourth-order valence-electron chi connectivity index (χ4n) is 3.80. The number of carbonyl (C=O) groups is 1. The molecule has 2 aliphatic rings. The van der Waals surface area contributed by atoms with E-state index in [0.29, 0.717) is 25.4 Å². The van der Waals surface area contributed by atoms with Crippen molar-refractivity contribution in [2.24, 2.45) is 0 Å². The van der Waals surface area contributed by atoms with Gasteiger partial charge in [0.05, 0.1) is 25.5 Å². The second-order valence-corrected chi connectivity index (χ2v) is 7.62. The van der Waals surface area contributed by atoms with Crippen molar-refractivity contribution < 1.29 is 19.4 Å².